The van der Waals surface area contributed by atoms with Gasteiger partial charge in [-0.15, -0.1) is 0 Å². The third-order valence-electron chi connectivity index (χ3n) is 4.71. The highest BCUT2D eigenvalue weighted by molar-refractivity contribution is 5.96. The summed E-state index contributed by atoms with van der Waals surface area (Å²) in [6.07, 6.45) is 3.48. The average Bonchev–Trinajstić information content (AvgIpc) is 3.20. The number of fused-ring (bicyclic) bond motifs is 1. The van der Waals surface area contributed by atoms with Gasteiger partial charge in [-0.25, -0.2) is 4.98 Å². The van der Waals surface area contributed by atoms with E-state index in [4.69, 9.17) is 0 Å². The van der Waals surface area contributed by atoms with Crippen molar-refractivity contribution in [1.29, 1.82) is 5.26 Å². The number of nitriles is 1. The lowest BCUT2D eigenvalue weighted by Gasteiger charge is -2.18. The molecular formula is C19H18N4O. The van der Waals surface area contributed by atoms with Crippen molar-refractivity contribution in [1.82, 2.24) is 4.98 Å². The number of amides is 1. The van der Waals surface area contributed by atoms with Crippen LogP contribution in [0.5, 0.6) is 0 Å². The lowest BCUT2D eigenvalue weighted by atomic mass is 10.1. The van der Waals surface area contributed by atoms with Crippen LogP contribution in [0.1, 0.15) is 29.7 Å². The minimum absolute atomic E-state index is 0.0308. The number of aromatic nitrogens is 1. The number of hydrogen-bond acceptors (Lipinski definition) is 4. The van der Waals surface area contributed by atoms with Crippen molar-refractivity contribution in [3.63, 3.8) is 0 Å². The van der Waals surface area contributed by atoms with Crippen molar-refractivity contribution < 1.29 is 4.79 Å². The molecular weight excluding hydrogens is 300 g/mol. The number of para-hydroxylation sites is 1. The van der Waals surface area contributed by atoms with Gasteiger partial charge in [-0.05, 0) is 43.0 Å². The normalized spacial score (nSPS) is 19.2. The predicted octanol–water partition coefficient (Wildman–Crippen LogP) is 2.66. The fraction of sp³-hybridized carbons (Fsp3) is 0.316. The van der Waals surface area contributed by atoms with E-state index in [9.17, 15) is 10.1 Å². The summed E-state index contributed by atoms with van der Waals surface area (Å²) >= 11 is 0. The Kier molecular flexibility index (Phi) is 3.66. The summed E-state index contributed by atoms with van der Waals surface area (Å²) < 4.78 is 0. The summed E-state index contributed by atoms with van der Waals surface area (Å²) in [4.78, 5) is 18.8. The Morgan fingerprint density at radius 1 is 1.25 bits per heavy atom. The molecule has 1 unspecified atom stereocenters. The standard InChI is InChI=1S/C19H18N4O/c20-11-14-9-13-5-4-8-17(13)22-19(14)21-15-10-18(24)23(12-15)16-6-2-1-3-7-16/h1-3,6-7,9,15H,4-5,8,10,12H2,(H,21,22). The Hall–Kier alpha value is -2.87. The molecule has 24 heavy (non-hydrogen) atoms. The van der Waals surface area contributed by atoms with Gasteiger partial charge >= 0.3 is 0 Å². The van der Waals surface area contributed by atoms with E-state index < -0.39 is 0 Å². The fourth-order valence-corrected chi connectivity index (χ4v) is 3.52. The lowest BCUT2D eigenvalue weighted by molar-refractivity contribution is -0.117. The largest absolute Gasteiger partial charge is 0.364 e. The fourth-order valence-electron chi connectivity index (χ4n) is 3.52. The Morgan fingerprint density at radius 2 is 2.08 bits per heavy atom. The summed E-state index contributed by atoms with van der Waals surface area (Å²) in [5.74, 6) is 0.712. The summed E-state index contributed by atoms with van der Waals surface area (Å²) in [6.45, 7) is 0.590. The number of nitrogens with zero attached hydrogens (tertiary/aromatic N) is 3. The molecule has 5 heteroatoms. The van der Waals surface area contributed by atoms with Gasteiger partial charge in [0.2, 0.25) is 5.91 Å². The van der Waals surface area contributed by atoms with Crippen molar-refractivity contribution in [2.45, 2.75) is 31.7 Å². The van der Waals surface area contributed by atoms with Crippen LogP contribution in [-0.2, 0) is 17.6 Å². The molecule has 4 rings (SSSR count). The zero-order valence-electron chi connectivity index (χ0n) is 13.3. The highest BCUT2D eigenvalue weighted by atomic mass is 16.2. The number of carbonyl (C=O) groups excluding carboxylic acids is 1. The first kappa shape index (κ1) is 14.7. The molecule has 1 saturated heterocycles. The van der Waals surface area contributed by atoms with Gasteiger partial charge in [0.05, 0.1) is 11.6 Å². The molecule has 1 atom stereocenters. The zero-order valence-corrected chi connectivity index (χ0v) is 13.3. The highest BCUT2D eigenvalue weighted by Crippen LogP contribution is 2.27. The number of nitrogens with one attached hydrogen (secondary N) is 1. The Balaban J connectivity index is 1.55. The molecule has 1 aliphatic carbocycles. The van der Waals surface area contributed by atoms with Crippen molar-refractivity contribution in [3.8, 4) is 6.07 Å². The van der Waals surface area contributed by atoms with Crippen molar-refractivity contribution >= 4 is 17.4 Å². The molecule has 1 amide bonds. The number of anilines is 2. The van der Waals surface area contributed by atoms with Crippen LogP contribution in [0.4, 0.5) is 11.5 Å². The summed E-state index contributed by atoms with van der Waals surface area (Å²) in [5, 5.41) is 12.7. The van der Waals surface area contributed by atoms with Crippen LogP contribution in [0.2, 0.25) is 0 Å². The van der Waals surface area contributed by atoms with Gasteiger partial charge in [-0.3, -0.25) is 4.79 Å². The quantitative estimate of drug-likeness (QED) is 0.944. The molecule has 1 aliphatic heterocycles. The van der Waals surface area contributed by atoms with E-state index in [0.717, 1.165) is 30.6 Å². The van der Waals surface area contributed by atoms with Crippen LogP contribution in [-0.4, -0.2) is 23.5 Å². The van der Waals surface area contributed by atoms with Crippen LogP contribution < -0.4 is 10.2 Å². The molecule has 120 valence electrons. The Bertz CT molecular complexity index is 825. The molecule has 1 fully saturated rings. The van der Waals surface area contributed by atoms with Crippen LogP contribution in [0, 0.1) is 11.3 Å². The van der Waals surface area contributed by atoms with Crippen molar-refractivity contribution in [3.05, 3.63) is 53.2 Å². The predicted molar refractivity (Wildman–Crippen MR) is 91.8 cm³/mol. The molecule has 0 bridgehead atoms. The topological polar surface area (TPSA) is 69.0 Å². The molecule has 2 aliphatic rings. The molecule has 2 heterocycles. The van der Waals surface area contributed by atoms with E-state index >= 15 is 0 Å². The third-order valence-corrected chi connectivity index (χ3v) is 4.71. The number of rotatable bonds is 3. The number of hydrogen-bond donors (Lipinski definition) is 1. The van der Waals surface area contributed by atoms with Gasteiger partial charge in [0, 0.05) is 24.3 Å². The SMILES string of the molecule is N#Cc1cc2c(nc1NC1CC(=O)N(c3ccccc3)C1)CCC2. The molecule has 0 spiro atoms. The molecule has 1 N–H and O–H groups in total. The van der Waals surface area contributed by atoms with Gasteiger partial charge in [0.15, 0.2) is 0 Å². The van der Waals surface area contributed by atoms with Crippen LogP contribution in [0.15, 0.2) is 36.4 Å². The second kappa shape index (κ2) is 5.97. The smallest absolute Gasteiger partial charge is 0.229 e. The first-order valence-electron chi connectivity index (χ1n) is 8.29. The molecule has 0 saturated carbocycles. The molecule has 5 nitrogen and oxygen atoms in total. The van der Waals surface area contributed by atoms with E-state index in [-0.39, 0.29) is 11.9 Å². The molecule has 0 radical (unpaired) electrons. The van der Waals surface area contributed by atoms with Gasteiger partial charge in [0.1, 0.15) is 11.9 Å². The number of aryl methyl sites for hydroxylation is 2. The van der Waals surface area contributed by atoms with Crippen LogP contribution in [0.3, 0.4) is 0 Å². The minimum atomic E-state index is -0.0308. The van der Waals surface area contributed by atoms with E-state index in [1.807, 2.05) is 36.4 Å². The summed E-state index contributed by atoms with van der Waals surface area (Å²) in [5.41, 5.74) is 3.75. The second-order valence-electron chi connectivity index (χ2n) is 6.34. The maximum atomic E-state index is 12.3. The monoisotopic (exact) mass is 318 g/mol. The number of benzene rings is 1. The van der Waals surface area contributed by atoms with Gasteiger partial charge in [0.25, 0.3) is 0 Å². The average molecular weight is 318 g/mol. The highest BCUT2D eigenvalue weighted by Gasteiger charge is 2.31. The van der Waals surface area contributed by atoms with E-state index in [1.165, 1.54) is 5.56 Å². The van der Waals surface area contributed by atoms with E-state index in [0.29, 0.717) is 24.3 Å². The molecule has 2 aromatic rings. The van der Waals surface area contributed by atoms with Crippen molar-refractivity contribution in [2.24, 2.45) is 0 Å². The Morgan fingerprint density at radius 3 is 2.88 bits per heavy atom. The van der Waals surface area contributed by atoms with Crippen LogP contribution >= 0.6 is 0 Å². The zero-order chi connectivity index (χ0) is 16.5. The van der Waals surface area contributed by atoms with Gasteiger partial charge in [-0.1, -0.05) is 18.2 Å². The minimum Gasteiger partial charge on any atom is -0.364 e. The first-order chi connectivity index (χ1) is 11.7. The lowest BCUT2D eigenvalue weighted by Crippen LogP contribution is -2.28. The second-order valence-corrected chi connectivity index (χ2v) is 6.34. The van der Waals surface area contributed by atoms with Crippen molar-refractivity contribution in [2.75, 3.05) is 16.8 Å². The molecule has 1 aromatic heterocycles. The van der Waals surface area contributed by atoms with Crippen LogP contribution in [0.25, 0.3) is 0 Å². The maximum absolute atomic E-state index is 12.3. The van der Waals surface area contributed by atoms with E-state index in [1.54, 1.807) is 4.90 Å². The van der Waals surface area contributed by atoms with E-state index in [2.05, 4.69) is 16.4 Å². The van der Waals surface area contributed by atoms with Gasteiger partial charge in [-0.2, -0.15) is 5.26 Å². The summed E-state index contributed by atoms with van der Waals surface area (Å²) in [7, 11) is 0. The summed E-state index contributed by atoms with van der Waals surface area (Å²) in [6, 6.07) is 13.8. The number of pyridine rings is 1. The third kappa shape index (κ3) is 2.61. The Labute approximate surface area is 140 Å². The van der Waals surface area contributed by atoms with Gasteiger partial charge < -0.3 is 10.2 Å². The first-order valence-corrected chi connectivity index (χ1v) is 8.29. The molecule has 1 aromatic carbocycles. The number of carbonyl (C=O) groups is 1. The maximum Gasteiger partial charge on any atom is 0.229 e.